The minimum absolute atomic E-state index is 0.113. The Morgan fingerprint density at radius 2 is 1.83 bits per heavy atom. The van der Waals surface area contributed by atoms with Gasteiger partial charge in [0.15, 0.2) is 5.82 Å². The highest BCUT2D eigenvalue weighted by Gasteiger charge is 2.25. The molecule has 1 aromatic carbocycles. The van der Waals surface area contributed by atoms with Gasteiger partial charge in [-0.25, -0.2) is 0 Å². The monoisotopic (exact) mass is 403 g/mol. The number of methoxy groups -OCH3 is 2. The summed E-state index contributed by atoms with van der Waals surface area (Å²) in [6, 6.07) is 6.76. The van der Waals surface area contributed by atoms with Gasteiger partial charge in [0, 0.05) is 12.6 Å². The maximum atomic E-state index is 13.3. The van der Waals surface area contributed by atoms with Gasteiger partial charge in [0.05, 0.1) is 14.2 Å². The summed E-state index contributed by atoms with van der Waals surface area (Å²) < 4.78 is 15.7. The van der Waals surface area contributed by atoms with E-state index in [4.69, 9.17) is 14.0 Å². The number of amides is 2. The van der Waals surface area contributed by atoms with Crippen LogP contribution in [-0.4, -0.2) is 49.2 Å². The molecule has 0 atom stereocenters. The SMILES string of the molecule is CCCCCCN(CC(=O)Nc1cc(C)on1)C(=O)c1c(OC)cccc1OC. The molecule has 158 valence electrons. The van der Waals surface area contributed by atoms with E-state index in [0.717, 1.165) is 25.7 Å². The number of benzene rings is 1. The average molecular weight is 403 g/mol. The zero-order chi connectivity index (χ0) is 21.2. The molecule has 1 heterocycles. The predicted octanol–water partition coefficient (Wildman–Crippen LogP) is 3.66. The summed E-state index contributed by atoms with van der Waals surface area (Å²) in [6.07, 6.45) is 3.94. The van der Waals surface area contributed by atoms with Crippen molar-refractivity contribution in [2.24, 2.45) is 0 Å². The van der Waals surface area contributed by atoms with Crippen molar-refractivity contribution >= 4 is 17.6 Å². The summed E-state index contributed by atoms with van der Waals surface area (Å²) in [6.45, 7) is 4.19. The molecule has 0 aliphatic carbocycles. The number of aryl methyl sites for hydroxylation is 1. The number of aromatic nitrogens is 1. The Kier molecular flexibility index (Phi) is 8.51. The molecule has 0 spiro atoms. The van der Waals surface area contributed by atoms with Crippen LogP contribution in [0, 0.1) is 6.92 Å². The molecule has 8 heteroatoms. The van der Waals surface area contributed by atoms with E-state index < -0.39 is 0 Å². The molecule has 0 aliphatic heterocycles. The second-order valence-corrected chi connectivity index (χ2v) is 6.70. The lowest BCUT2D eigenvalue weighted by Crippen LogP contribution is -2.39. The topological polar surface area (TPSA) is 93.9 Å². The second-order valence-electron chi connectivity index (χ2n) is 6.70. The summed E-state index contributed by atoms with van der Waals surface area (Å²) in [5.74, 6) is 1.05. The van der Waals surface area contributed by atoms with Gasteiger partial charge in [0.25, 0.3) is 5.91 Å². The fourth-order valence-electron chi connectivity index (χ4n) is 2.98. The minimum atomic E-state index is -0.351. The Morgan fingerprint density at radius 3 is 2.38 bits per heavy atom. The largest absolute Gasteiger partial charge is 0.496 e. The zero-order valence-electron chi connectivity index (χ0n) is 17.5. The Balaban J connectivity index is 2.20. The third-order valence-electron chi connectivity index (χ3n) is 4.44. The number of carbonyl (C=O) groups excluding carboxylic acids is 2. The second kappa shape index (κ2) is 11.1. The standard InChI is InChI=1S/C21H29N3O5/c1-5-6-7-8-12-24(14-19(25)22-18-13-15(2)29-23-18)21(26)20-16(27-3)10-9-11-17(20)28-4/h9-11,13H,5-8,12,14H2,1-4H3,(H,22,23,25). The van der Waals surface area contributed by atoms with E-state index in [-0.39, 0.29) is 18.4 Å². The molecule has 1 aromatic heterocycles. The van der Waals surface area contributed by atoms with E-state index in [2.05, 4.69) is 17.4 Å². The van der Waals surface area contributed by atoms with E-state index in [1.54, 1.807) is 31.2 Å². The Bertz CT molecular complexity index is 796. The molecule has 2 amide bonds. The first-order valence-electron chi connectivity index (χ1n) is 9.73. The van der Waals surface area contributed by atoms with Gasteiger partial charge in [-0.3, -0.25) is 9.59 Å². The van der Waals surface area contributed by atoms with Crippen LogP contribution in [0.3, 0.4) is 0 Å². The van der Waals surface area contributed by atoms with Crippen molar-refractivity contribution in [3.63, 3.8) is 0 Å². The molecule has 29 heavy (non-hydrogen) atoms. The summed E-state index contributed by atoms with van der Waals surface area (Å²) in [5, 5.41) is 6.42. The molecule has 8 nitrogen and oxygen atoms in total. The van der Waals surface area contributed by atoms with Crippen LogP contribution in [0.4, 0.5) is 5.82 Å². The smallest absolute Gasteiger partial charge is 0.261 e. The maximum absolute atomic E-state index is 13.3. The van der Waals surface area contributed by atoms with Gasteiger partial charge >= 0.3 is 0 Å². The maximum Gasteiger partial charge on any atom is 0.261 e. The van der Waals surface area contributed by atoms with Crippen LogP contribution in [0.2, 0.25) is 0 Å². The highest BCUT2D eigenvalue weighted by atomic mass is 16.5. The van der Waals surface area contributed by atoms with Gasteiger partial charge in [-0.05, 0) is 25.5 Å². The zero-order valence-corrected chi connectivity index (χ0v) is 17.5. The molecule has 0 radical (unpaired) electrons. The fourth-order valence-corrected chi connectivity index (χ4v) is 2.98. The molecule has 0 unspecified atom stereocenters. The molecule has 0 saturated heterocycles. The quantitative estimate of drug-likeness (QED) is 0.576. The van der Waals surface area contributed by atoms with Crippen LogP contribution < -0.4 is 14.8 Å². The van der Waals surface area contributed by atoms with Gasteiger partial charge in [-0.1, -0.05) is 37.4 Å². The van der Waals surface area contributed by atoms with Crippen molar-refractivity contribution in [1.82, 2.24) is 10.1 Å². The molecule has 1 N–H and O–H groups in total. The van der Waals surface area contributed by atoms with Gasteiger partial charge in [0.1, 0.15) is 29.4 Å². The number of unbranched alkanes of at least 4 members (excludes halogenated alkanes) is 3. The van der Waals surface area contributed by atoms with Crippen molar-refractivity contribution in [2.45, 2.75) is 39.5 Å². The number of nitrogens with one attached hydrogen (secondary N) is 1. The van der Waals surface area contributed by atoms with Crippen molar-refractivity contribution in [3.8, 4) is 11.5 Å². The van der Waals surface area contributed by atoms with Crippen LogP contribution in [0.15, 0.2) is 28.8 Å². The molecule has 2 aromatic rings. The Labute approximate surface area is 171 Å². The minimum Gasteiger partial charge on any atom is -0.496 e. The molecular weight excluding hydrogens is 374 g/mol. The van der Waals surface area contributed by atoms with E-state index >= 15 is 0 Å². The van der Waals surface area contributed by atoms with Gasteiger partial charge < -0.3 is 24.2 Å². The van der Waals surface area contributed by atoms with Crippen LogP contribution in [0.5, 0.6) is 11.5 Å². The van der Waals surface area contributed by atoms with Crippen LogP contribution >= 0.6 is 0 Å². The number of hydrogen-bond acceptors (Lipinski definition) is 6. The highest BCUT2D eigenvalue weighted by Crippen LogP contribution is 2.29. The van der Waals surface area contributed by atoms with Crippen molar-refractivity contribution < 1.29 is 23.6 Å². The summed E-state index contributed by atoms with van der Waals surface area (Å²) in [5.41, 5.74) is 0.304. The number of rotatable bonds is 11. The molecular formula is C21H29N3O5. The van der Waals surface area contributed by atoms with E-state index in [1.807, 2.05) is 0 Å². The summed E-state index contributed by atoms with van der Waals surface area (Å²) in [7, 11) is 2.99. The number of ether oxygens (including phenoxy) is 2. The van der Waals surface area contributed by atoms with Crippen LogP contribution in [-0.2, 0) is 4.79 Å². The Morgan fingerprint density at radius 1 is 1.14 bits per heavy atom. The highest BCUT2D eigenvalue weighted by molar-refractivity contribution is 6.02. The average Bonchev–Trinajstić information content (AvgIpc) is 3.13. The fraction of sp³-hybridized carbons (Fsp3) is 0.476. The Hall–Kier alpha value is -3.03. The number of nitrogens with zero attached hydrogens (tertiary/aromatic N) is 2. The van der Waals surface area contributed by atoms with Gasteiger partial charge in [-0.2, -0.15) is 0 Å². The van der Waals surface area contributed by atoms with E-state index in [0.29, 0.717) is 35.2 Å². The first-order chi connectivity index (χ1) is 14.0. The first-order valence-corrected chi connectivity index (χ1v) is 9.73. The lowest BCUT2D eigenvalue weighted by molar-refractivity contribution is -0.117. The van der Waals surface area contributed by atoms with E-state index in [9.17, 15) is 9.59 Å². The summed E-state index contributed by atoms with van der Waals surface area (Å²) >= 11 is 0. The normalized spacial score (nSPS) is 10.5. The van der Waals surface area contributed by atoms with Gasteiger partial charge in [-0.15, -0.1) is 0 Å². The van der Waals surface area contributed by atoms with E-state index in [1.165, 1.54) is 19.1 Å². The van der Waals surface area contributed by atoms with Crippen LogP contribution in [0.1, 0.15) is 48.7 Å². The van der Waals surface area contributed by atoms with Crippen LogP contribution in [0.25, 0.3) is 0 Å². The molecule has 0 aliphatic rings. The molecule has 0 bridgehead atoms. The molecule has 2 rings (SSSR count). The number of hydrogen-bond donors (Lipinski definition) is 1. The molecule has 0 fully saturated rings. The number of carbonyl (C=O) groups is 2. The first kappa shape index (κ1) is 22.3. The molecule has 0 saturated carbocycles. The van der Waals surface area contributed by atoms with Crippen molar-refractivity contribution in [2.75, 3.05) is 32.6 Å². The third-order valence-corrected chi connectivity index (χ3v) is 4.44. The third kappa shape index (κ3) is 6.23. The van der Waals surface area contributed by atoms with Gasteiger partial charge in [0.2, 0.25) is 5.91 Å². The lowest BCUT2D eigenvalue weighted by Gasteiger charge is -2.24. The number of anilines is 1. The van der Waals surface area contributed by atoms with Crippen molar-refractivity contribution in [1.29, 1.82) is 0 Å². The predicted molar refractivity (Wildman–Crippen MR) is 109 cm³/mol. The summed E-state index contributed by atoms with van der Waals surface area (Å²) in [4.78, 5) is 27.3. The van der Waals surface area contributed by atoms with Crippen molar-refractivity contribution in [3.05, 3.63) is 35.6 Å². The lowest BCUT2D eigenvalue weighted by atomic mass is 10.1.